The first kappa shape index (κ1) is 9.46. The molecule has 0 radical (unpaired) electrons. The summed E-state index contributed by atoms with van der Waals surface area (Å²) in [5.74, 6) is 1.15. The lowest BCUT2D eigenvalue weighted by Gasteiger charge is -2.19. The summed E-state index contributed by atoms with van der Waals surface area (Å²) < 4.78 is 10.7. The fourth-order valence-corrected chi connectivity index (χ4v) is 3.52. The Balaban J connectivity index is 2.00. The average Bonchev–Trinajstić information content (AvgIpc) is 2.07. The molecule has 1 fully saturated rings. The fourth-order valence-electron chi connectivity index (χ4n) is 0.635. The fraction of sp³-hybridized carbons (Fsp3) is 0.833. The van der Waals surface area contributed by atoms with E-state index in [0.717, 1.165) is 18.8 Å². The molecule has 1 atom stereocenters. The molecule has 0 aromatic rings. The van der Waals surface area contributed by atoms with Gasteiger partial charge in [0.15, 0.2) is 0 Å². The summed E-state index contributed by atoms with van der Waals surface area (Å²) in [7, 11) is -0.670. The predicted octanol–water partition coefficient (Wildman–Crippen LogP) is 2.42. The third-order valence-corrected chi connectivity index (χ3v) is 4.42. The zero-order valence-electron chi connectivity index (χ0n) is 6.28. The van der Waals surface area contributed by atoms with Crippen LogP contribution in [0.25, 0.3) is 0 Å². The van der Waals surface area contributed by atoms with Gasteiger partial charge in [-0.2, -0.15) is 0 Å². The van der Waals surface area contributed by atoms with E-state index in [2.05, 4.69) is 0 Å². The lowest BCUT2D eigenvalue weighted by molar-refractivity contribution is 0.264. The quantitative estimate of drug-likeness (QED) is 0.423. The second-order valence-corrected chi connectivity index (χ2v) is 5.37. The maximum atomic E-state index is 6.77. The van der Waals surface area contributed by atoms with Crippen LogP contribution in [-0.4, -0.2) is 25.2 Å². The molecule has 1 aliphatic rings. The van der Waals surface area contributed by atoms with Gasteiger partial charge in [-0.25, -0.2) is 0 Å². The van der Waals surface area contributed by atoms with Gasteiger partial charge in [0, 0.05) is 12.2 Å². The number of rotatable bonds is 4. The average molecular weight is 193 g/mol. The summed E-state index contributed by atoms with van der Waals surface area (Å²) in [5, 5.41) is 6.77. The van der Waals surface area contributed by atoms with Crippen LogP contribution < -0.4 is 0 Å². The molecule has 0 aromatic heterocycles. The second-order valence-electron chi connectivity index (χ2n) is 2.07. The van der Waals surface area contributed by atoms with Crippen molar-refractivity contribution < 1.29 is 9.05 Å². The minimum Gasteiger partial charge on any atom is -0.326 e. The van der Waals surface area contributed by atoms with Crippen LogP contribution >= 0.6 is 19.0 Å². The van der Waals surface area contributed by atoms with Crippen LogP contribution in [0.5, 0.6) is 0 Å². The molecule has 0 bridgehead atoms. The molecule has 1 aliphatic heterocycles. The molecular weight excluding hydrogens is 181 g/mol. The Labute approximate surface area is 72.0 Å². The van der Waals surface area contributed by atoms with Gasteiger partial charge in [-0.1, -0.05) is 11.4 Å². The van der Waals surface area contributed by atoms with Crippen molar-refractivity contribution >= 4 is 25.2 Å². The van der Waals surface area contributed by atoms with Gasteiger partial charge in [0.2, 0.25) is 7.58 Å². The largest absolute Gasteiger partial charge is 0.326 e. The first-order valence-electron chi connectivity index (χ1n) is 3.61. The van der Waals surface area contributed by atoms with Crippen LogP contribution in [0.2, 0.25) is 0 Å². The van der Waals surface area contributed by atoms with Crippen molar-refractivity contribution in [2.24, 2.45) is 0 Å². The van der Waals surface area contributed by atoms with Gasteiger partial charge in [0.25, 0.3) is 0 Å². The van der Waals surface area contributed by atoms with Gasteiger partial charge in [-0.3, -0.25) is 0 Å². The predicted molar refractivity (Wildman–Crippen MR) is 49.3 cm³/mol. The summed E-state index contributed by atoms with van der Waals surface area (Å²) in [6.07, 6.45) is 3.20. The van der Waals surface area contributed by atoms with Crippen molar-refractivity contribution in [1.82, 2.24) is 0 Å². The zero-order chi connectivity index (χ0) is 7.94. The highest BCUT2D eigenvalue weighted by molar-refractivity contribution is 8.52. The minimum atomic E-state index is -0.670. The molecule has 0 aromatic carbocycles. The SMILES string of the molecule is N=CCCOP1OCCCS1. The normalized spacial score (nSPS) is 24.9. The Hall–Kier alpha value is 0.370. The van der Waals surface area contributed by atoms with Crippen molar-refractivity contribution in [2.45, 2.75) is 12.8 Å². The molecule has 1 rings (SSSR count). The molecule has 11 heavy (non-hydrogen) atoms. The molecule has 1 N–H and O–H groups in total. The zero-order valence-corrected chi connectivity index (χ0v) is 8.00. The summed E-state index contributed by atoms with van der Waals surface area (Å²) in [6, 6.07) is 0. The van der Waals surface area contributed by atoms with Gasteiger partial charge in [-0.05, 0) is 12.6 Å². The summed E-state index contributed by atoms with van der Waals surface area (Å²) in [5.41, 5.74) is 0. The monoisotopic (exact) mass is 193 g/mol. The Morgan fingerprint density at radius 3 is 3.27 bits per heavy atom. The van der Waals surface area contributed by atoms with Crippen molar-refractivity contribution in [1.29, 1.82) is 5.41 Å². The number of nitrogens with one attached hydrogen (secondary N) is 1. The third-order valence-electron chi connectivity index (χ3n) is 1.14. The van der Waals surface area contributed by atoms with E-state index >= 15 is 0 Å². The molecule has 64 valence electrons. The minimum absolute atomic E-state index is 0.627. The molecule has 0 spiro atoms. The molecule has 3 nitrogen and oxygen atoms in total. The topological polar surface area (TPSA) is 42.3 Å². The molecule has 1 heterocycles. The summed E-state index contributed by atoms with van der Waals surface area (Å²) in [4.78, 5) is 0. The van der Waals surface area contributed by atoms with E-state index in [1.54, 1.807) is 11.4 Å². The van der Waals surface area contributed by atoms with E-state index < -0.39 is 7.58 Å². The van der Waals surface area contributed by atoms with Gasteiger partial charge >= 0.3 is 0 Å². The molecule has 0 amide bonds. The van der Waals surface area contributed by atoms with Crippen molar-refractivity contribution in [3.63, 3.8) is 0 Å². The smallest absolute Gasteiger partial charge is 0.238 e. The highest BCUT2D eigenvalue weighted by Gasteiger charge is 2.15. The lowest BCUT2D eigenvalue weighted by atomic mass is 10.5. The Bertz CT molecular complexity index is 119. The lowest BCUT2D eigenvalue weighted by Crippen LogP contribution is -2.00. The van der Waals surface area contributed by atoms with Gasteiger partial charge < -0.3 is 14.5 Å². The second kappa shape index (κ2) is 5.95. The van der Waals surface area contributed by atoms with E-state index in [4.69, 9.17) is 14.5 Å². The molecule has 5 heteroatoms. The molecular formula is C6H12NO2PS. The van der Waals surface area contributed by atoms with Crippen LogP contribution in [0.1, 0.15) is 12.8 Å². The first-order chi connectivity index (χ1) is 5.43. The maximum absolute atomic E-state index is 6.77. The highest BCUT2D eigenvalue weighted by Crippen LogP contribution is 2.54. The molecule has 0 saturated carbocycles. The van der Waals surface area contributed by atoms with E-state index in [1.807, 2.05) is 0 Å². The standard InChI is InChI=1S/C6H12NO2PS/c7-3-1-4-8-10-9-5-2-6-11-10/h3,7H,1-2,4-6H2. The van der Waals surface area contributed by atoms with Crippen LogP contribution in [-0.2, 0) is 9.05 Å². The van der Waals surface area contributed by atoms with Crippen LogP contribution in [0.4, 0.5) is 0 Å². The van der Waals surface area contributed by atoms with Crippen molar-refractivity contribution in [2.75, 3.05) is 19.0 Å². The summed E-state index contributed by atoms with van der Waals surface area (Å²) in [6.45, 7) is 1.46. The maximum Gasteiger partial charge on any atom is 0.238 e. The van der Waals surface area contributed by atoms with E-state index in [1.165, 1.54) is 6.21 Å². The molecule has 0 aliphatic carbocycles. The molecule has 1 saturated heterocycles. The van der Waals surface area contributed by atoms with Crippen molar-refractivity contribution in [3.05, 3.63) is 0 Å². The molecule has 1 unspecified atom stereocenters. The number of hydrogen-bond acceptors (Lipinski definition) is 4. The van der Waals surface area contributed by atoms with E-state index in [9.17, 15) is 0 Å². The Morgan fingerprint density at radius 1 is 1.73 bits per heavy atom. The van der Waals surface area contributed by atoms with Gasteiger partial charge in [0.05, 0.1) is 13.2 Å². The van der Waals surface area contributed by atoms with Crippen LogP contribution in [0, 0.1) is 5.41 Å². The summed E-state index contributed by atoms with van der Waals surface area (Å²) >= 11 is 1.76. The highest BCUT2D eigenvalue weighted by atomic mass is 32.7. The van der Waals surface area contributed by atoms with Gasteiger partial charge in [-0.15, -0.1) is 0 Å². The first-order valence-corrected chi connectivity index (χ1v) is 6.38. The van der Waals surface area contributed by atoms with Crippen LogP contribution in [0.3, 0.4) is 0 Å². The van der Waals surface area contributed by atoms with Gasteiger partial charge in [0.1, 0.15) is 0 Å². The number of hydrogen-bond donors (Lipinski definition) is 1. The van der Waals surface area contributed by atoms with Crippen molar-refractivity contribution in [3.8, 4) is 0 Å². The van der Waals surface area contributed by atoms with E-state index in [0.29, 0.717) is 13.0 Å². The van der Waals surface area contributed by atoms with E-state index in [-0.39, 0.29) is 0 Å². The Morgan fingerprint density at radius 2 is 2.64 bits per heavy atom. The van der Waals surface area contributed by atoms with Crippen LogP contribution in [0.15, 0.2) is 0 Å². The Kier molecular flexibility index (Phi) is 5.12. The third kappa shape index (κ3) is 4.06.